The van der Waals surface area contributed by atoms with Gasteiger partial charge in [0, 0.05) is 64.1 Å². The number of aromatic nitrogens is 2. The fraction of sp³-hybridized carbons (Fsp3) is 0.760. The third-order valence-corrected chi connectivity index (χ3v) is 8.53. The number of hydrogen-bond acceptors (Lipinski definition) is 7. The van der Waals surface area contributed by atoms with Crippen molar-refractivity contribution < 1.29 is 9.59 Å². The number of anilines is 1. The van der Waals surface area contributed by atoms with Gasteiger partial charge in [-0.15, -0.1) is 0 Å². The number of piperidine rings is 1. The SMILES string of the molecule is CC(C)(N)C(=O)N1CCN(C(=O)Nc2ccn(C3CCC(CN4C[C@@H]5C(N)[C@@H]5C4)CC3)c(=O)n2)CC1. The van der Waals surface area contributed by atoms with Crippen molar-refractivity contribution in [3.63, 3.8) is 0 Å². The Morgan fingerprint density at radius 1 is 1.06 bits per heavy atom. The Bertz CT molecular complexity index is 1020. The van der Waals surface area contributed by atoms with Crippen molar-refractivity contribution in [2.45, 2.75) is 57.2 Å². The maximum absolute atomic E-state index is 12.8. The average Bonchev–Trinajstić information content (AvgIpc) is 3.23. The lowest BCUT2D eigenvalue weighted by atomic mass is 9.85. The Morgan fingerprint density at radius 3 is 2.25 bits per heavy atom. The van der Waals surface area contributed by atoms with Crippen LogP contribution in [0.25, 0.3) is 0 Å². The van der Waals surface area contributed by atoms with Crippen molar-refractivity contribution in [3.8, 4) is 0 Å². The fourth-order valence-electron chi connectivity index (χ4n) is 6.25. The van der Waals surface area contributed by atoms with Gasteiger partial charge in [-0.3, -0.25) is 14.7 Å². The van der Waals surface area contributed by atoms with Crippen LogP contribution in [-0.4, -0.2) is 93.6 Å². The molecule has 0 bridgehead atoms. The van der Waals surface area contributed by atoms with Crippen molar-refractivity contribution >= 4 is 17.8 Å². The van der Waals surface area contributed by atoms with Crippen LogP contribution in [0.15, 0.2) is 17.1 Å². The summed E-state index contributed by atoms with van der Waals surface area (Å²) in [5, 5.41) is 2.73. The Kier molecular flexibility index (Phi) is 6.82. The number of hydrogen-bond donors (Lipinski definition) is 3. The first kappa shape index (κ1) is 25.2. The van der Waals surface area contributed by atoms with Crippen LogP contribution in [0.5, 0.6) is 0 Å². The number of nitrogens with one attached hydrogen (secondary N) is 1. The van der Waals surface area contributed by atoms with Gasteiger partial charge in [-0.1, -0.05) is 0 Å². The lowest BCUT2D eigenvalue weighted by Crippen LogP contribution is -2.58. The molecule has 5 N–H and O–H groups in total. The Balaban J connectivity index is 1.08. The zero-order valence-corrected chi connectivity index (χ0v) is 21.4. The van der Waals surface area contributed by atoms with Crippen LogP contribution < -0.4 is 22.5 Å². The van der Waals surface area contributed by atoms with Gasteiger partial charge in [0.25, 0.3) is 0 Å². The van der Waals surface area contributed by atoms with Crippen molar-refractivity contribution in [1.29, 1.82) is 0 Å². The molecule has 2 saturated heterocycles. The normalized spacial score (nSPS) is 30.7. The average molecular weight is 501 g/mol. The number of amides is 3. The maximum atomic E-state index is 12.8. The molecule has 1 aromatic heterocycles. The van der Waals surface area contributed by atoms with Gasteiger partial charge in [0.2, 0.25) is 5.91 Å². The second-order valence-electron chi connectivity index (χ2n) is 11.7. The highest BCUT2D eigenvalue weighted by atomic mass is 16.2. The molecule has 4 aliphatic rings. The van der Waals surface area contributed by atoms with Gasteiger partial charge < -0.3 is 26.2 Å². The largest absolute Gasteiger partial charge is 0.349 e. The summed E-state index contributed by atoms with van der Waals surface area (Å²) < 4.78 is 1.72. The second-order valence-corrected chi connectivity index (χ2v) is 11.7. The molecular weight excluding hydrogens is 460 g/mol. The first-order valence-electron chi connectivity index (χ1n) is 13.3. The smallest absolute Gasteiger partial charge is 0.338 e. The standard InChI is InChI=1S/C25H40N8O3/c1-25(2,27)22(34)31-9-11-32(12-10-31)23(35)28-20-7-8-33(24(36)29-20)17-5-3-16(4-6-17)13-30-14-18-19(15-30)21(18)26/h7-8,16-19,21H,3-6,9-15,26-27H2,1-2H3,(H,28,29,35,36)/t16?,17?,18-,19+,21?. The van der Waals surface area contributed by atoms with Crippen LogP contribution in [0.2, 0.25) is 0 Å². The minimum atomic E-state index is -0.930. The first-order chi connectivity index (χ1) is 17.1. The third kappa shape index (κ3) is 5.28. The van der Waals surface area contributed by atoms with Gasteiger partial charge in [-0.2, -0.15) is 4.98 Å². The van der Waals surface area contributed by atoms with Crippen molar-refractivity contribution in [2.24, 2.45) is 29.2 Å². The van der Waals surface area contributed by atoms with E-state index >= 15 is 0 Å². The lowest BCUT2D eigenvalue weighted by Gasteiger charge is -2.37. The molecule has 1 aromatic rings. The van der Waals surface area contributed by atoms with E-state index in [0.717, 1.165) is 57.2 Å². The number of urea groups is 1. The van der Waals surface area contributed by atoms with E-state index in [1.54, 1.807) is 40.5 Å². The molecule has 1 unspecified atom stereocenters. The fourth-order valence-corrected chi connectivity index (χ4v) is 6.25. The van der Waals surface area contributed by atoms with Crippen LogP contribution in [0.4, 0.5) is 10.6 Å². The summed E-state index contributed by atoms with van der Waals surface area (Å²) in [5.41, 5.74) is 10.7. The minimum Gasteiger partial charge on any atom is -0.338 e. The Labute approximate surface area is 212 Å². The predicted molar refractivity (Wildman–Crippen MR) is 136 cm³/mol. The molecule has 11 heteroatoms. The molecule has 3 amide bonds. The highest BCUT2D eigenvalue weighted by Crippen LogP contribution is 2.44. The Hall–Kier alpha value is -2.50. The Morgan fingerprint density at radius 2 is 1.67 bits per heavy atom. The predicted octanol–water partition coefficient (Wildman–Crippen LogP) is 0.277. The van der Waals surface area contributed by atoms with Gasteiger partial charge in [-0.25, -0.2) is 9.59 Å². The molecule has 36 heavy (non-hydrogen) atoms. The summed E-state index contributed by atoms with van der Waals surface area (Å²) in [4.78, 5) is 47.8. The van der Waals surface area contributed by atoms with Crippen molar-refractivity contribution in [2.75, 3.05) is 51.1 Å². The van der Waals surface area contributed by atoms with Crippen LogP contribution in [0, 0.1) is 17.8 Å². The number of carbonyl (C=O) groups is 2. The minimum absolute atomic E-state index is 0.126. The number of nitrogens with zero attached hydrogens (tertiary/aromatic N) is 5. The van der Waals surface area contributed by atoms with E-state index < -0.39 is 5.54 Å². The third-order valence-electron chi connectivity index (χ3n) is 8.53. The van der Waals surface area contributed by atoms with E-state index in [2.05, 4.69) is 15.2 Å². The molecule has 2 saturated carbocycles. The molecule has 11 nitrogen and oxygen atoms in total. The molecule has 2 aliphatic heterocycles. The van der Waals surface area contributed by atoms with Crippen LogP contribution in [0.1, 0.15) is 45.6 Å². The van der Waals surface area contributed by atoms with Gasteiger partial charge >= 0.3 is 11.7 Å². The van der Waals surface area contributed by atoms with Gasteiger partial charge in [0.05, 0.1) is 5.54 Å². The molecule has 3 atom stereocenters. The van der Waals surface area contributed by atoms with E-state index in [0.29, 0.717) is 38.1 Å². The number of piperazine rings is 1. The topological polar surface area (TPSA) is 143 Å². The van der Waals surface area contributed by atoms with Gasteiger partial charge in [0.1, 0.15) is 5.82 Å². The van der Waals surface area contributed by atoms with E-state index in [4.69, 9.17) is 11.5 Å². The highest BCUT2D eigenvalue weighted by Gasteiger charge is 2.53. The van der Waals surface area contributed by atoms with Crippen molar-refractivity contribution in [1.82, 2.24) is 24.3 Å². The summed E-state index contributed by atoms with van der Waals surface area (Å²) in [5.74, 6) is 2.26. The zero-order chi connectivity index (χ0) is 25.6. The molecule has 0 spiro atoms. The molecule has 0 aromatic carbocycles. The lowest BCUT2D eigenvalue weighted by molar-refractivity contribution is -0.137. The summed E-state index contributed by atoms with van der Waals surface area (Å²) in [6.45, 7) is 8.48. The number of nitrogens with two attached hydrogens (primary N) is 2. The van der Waals surface area contributed by atoms with Gasteiger partial charge in [-0.05, 0) is 63.4 Å². The molecule has 3 heterocycles. The van der Waals surface area contributed by atoms with E-state index in [9.17, 15) is 14.4 Å². The maximum Gasteiger partial charge on any atom is 0.349 e. The van der Waals surface area contributed by atoms with Crippen molar-refractivity contribution in [3.05, 3.63) is 22.7 Å². The number of fused-ring (bicyclic) bond motifs is 1. The number of carbonyl (C=O) groups excluding carboxylic acids is 2. The molecule has 198 valence electrons. The summed E-state index contributed by atoms with van der Waals surface area (Å²) in [7, 11) is 0. The second kappa shape index (κ2) is 9.75. The monoisotopic (exact) mass is 500 g/mol. The van der Waals surface area contributed by atoms with E-state index in [-0.39, 0.29) is 29.5 Å². The van der Waals surface area contributed by atoms with Gasteiger partial charge in [0.15, 0.2) is 0 Å². The quantitative estimate of drug-likeness (QED) is 0.527. The molecular formula is C25H40N8O3. The molecule has 5 rings (SSSR count). The number of rotatable bonds is 5. The van der Waals surface area contributed by atoms with Crippen LogP contribution in [-0.2, 0) is 4.79 Å². The zero-order valence-electron chi connectivity index (χ0n) is 21.4. The summed E-state index contributed by atoms with van der Waals surface area (Å²) in [6.07, 6.45) is 5.93. The van der Waals surface area contributed by atoms with E-state index in [1.807, 2.05) is 0 Å². The highest BCUT2D eigenvalue weighted by molar-refractivity contribution is 5.89. The molecule has 2 aliphatic carbocycles. The summed E-state index contributed by atoms with van der Waals surface area (Å²) >= 11 is 0. The summed E-state index contributed by atoms with van der Waals surface area (Å²) in [6, 6.07) is 1.97. The van der Waals surface area contributed by atoms with E-state index in [1.165, 1.54) is 0 Å². The molecule has 0 radical (unpaired) electrons. The van der Waals surface area contributed by atoms with Crippen LogP contribution in [0.3, 0.4) is 0 Å². The van der Waals surface area contributed by atoms with Crippen LogP contribution >= 0.6 is 0 Å². The first-order valence-corrected chi connectivity index (χ1v) is 13.3. The number of likely N-dealkylation sites (tertiary alicyclic amines) is 1. The molecule has 4 fully saturated rings.